The Morgan fingerprint density at radius 2 is 2.16 bits per heavy atom. The van der Waals surface area contributed by atoms with Gasteiger partial charge in [-0.15, -0.1) is 0 Å². The molecule has 19 heavy (non-hydrogen) atoms. The number of aliphatic hydroxyl groups is 1. The van der Waals surface area contributed by atoms with Gasteiger partial charge in [0.05, 0.1) is 12.6 Å². The molecule has 0 saturated heterocycles. The van der Waals surface area contributed by atoms with E-state index in [1.165, 1.54) is 4.90 Å². The van der Waals surface area contributed by atoms with Crippen molar-refractivity contribution in [3.8, 4) is 0 Å². The summed E-state index contributed by atoms with van der Waals surface area (Å²) in [6.45, 7) is 6.22. The molecule has 0 saturated carbocycles. The number of hydrogen-bond donors (Lipinski definition) is 1. The zero-order chi connectivity index (χ0) is 14.2. The van der Waals surface area contributed by atoms with E-state index in [1.807, 2.05) is 39.0 Å². The minimum absolute atomic E-state index is 0.262. The lowest BCUT2D eigenvalue weighted by atomic mass is 9.98. The summed E-state index contributed by atoms with van der Waals surface area (Å²) in [5.41, 5.74) is 1.30. The second-order valence-electron chi connectivity index (χ2n) is 5.72. The molecule has 1 aliphatic heterocycles. The lowest BCUT2D eigenvalue weighted by Gasteiger charge is -2.33. The number of hydrogen-bond acceptors (Lipinski definition) is 3. The van der Waals surface area contributed by atoms with Crippen molar-refractivity contribution in [2.45, 2.75) is 39.0 Å². The van der Waals surface area contributed by atoms with E-state index in [0.29, 0.717) is 6.54 Å². The lowest BCUT2D eigenvalue weighted by molar-refractivity contribution is 0.00827. The van der Waals surface area contributed by atoms with Crippen LogP contribution in [0.3, 0.4) is 0 Å². The van der Waals surface area contributed by atoms with E-state index < -0.39 is 11.7 Å². The predicted molar refractivity (Wildman–Crippen MR) is 75.7 cm³/mol. The number of amides is 1. The van der Waals surface area contributed by atoms with Crippen LogP contribution >= 0.6 is 15.9 Å². The Labute approximate surface area is 121 Å². The molecule has 1 heterocycles. The first kappa shape index (κ1) is 14.3. The van der Waals surface area contributed by atoms with Gasteiger partial charge in [-0.2, -0.15) is 0 Å². The first-order valence-electron chi connectivity index (χ1n) is 6.20. The van der Waals surface area contributed by atoms with Gasteiger partial charge in [0.2, 0.25) is 0 Å². The number of benzene rings is 1. The average molecular weight is 328 g/mol. The third-order valence-corrected chi connectivity index (χ3v) is 3.37. The van der Waals surface area contributed by atoms with Gasteiger partial charge in [0.25, 0.3) is 0 Å². The van der Waals surface area contributed by atoms with Crippen molar-refractivity contribution >= 4 is 22.0 Å². The molecular formula is C14H18BrNO3. The number of nitrogens with zero attached hydrogens (tertiary/aromatic N) is 1. The molecule has 2 rings (SSSR count). The first-order chi connectivity index (χ1) is 8.76. The summed E-state index contributed by atoms with van der Waals surface area (Å²) in [5.74, 6) is 0. The Morgan fingerprint density at radius 1 is 1.47 bits per heavy atom. The molecule has 1 amide bonds. The second kappa shape index (κ2) is 5.13. The van der Waals surface area contributed by atoms with Crippen LogP contribution in [0.5, 0.6) is 0 Å². The molecule has 4 nitrogen and oxygen atoms in total. The van der Waals surface area contributed by atoms with Gasteiger partial charge in [-0.05, 0) is 44.0 Å². The first-order valence-corrected chi connectivity index (χ1v) is 7.00. The van der Waals surface area contributed by atoms with Crippen LogP contribution in [0.25, 0.3) is 0 Å². The van der Waals surface area contributed by atoms with Crippen LogP contribution in [0.15, 0.2) is 22.7 Å². The molecule has 1 N–H and O–H groups in total. The van der Waals surface area contributed by atoms with Gasteiger partial charge in [-0.1, -0.05) is 22.0 Å². The standard InChI is InChI=1S/C14H18BrNO3/c1-14(2,3)19-13(18)16-7-9-4-5-10(15)6-11(9)12(17)8-16/h4-6,12,17H,7-8H2,1-3H3. The van der Waals surface area contributed by atoms with Crippen LogP contribution < -0.4 is 0 Å². The van der Waals surface area contributed by atoms with E-state index >= 15 is 0 Å². The Balaban J connectivity index is 2.17. The van der Waals surface area contributed by atoms with Crippen LogP contribution in [0, 0.1) is 0 Å². The fraction of sp³-hybridized carbons (Fsp3) is 0.500. The molecule has 0 fully saturated rings. The minimum Gasteiger partial charge on any atom is -0.444 e. The number of aliphatic hydroxyl groups excluding tert-OH is 1. The lowest BCUT2D eigenvalue weighted by Crippen LogP contribution is -2.41. The number of carbonyl (C=O) groups excluding carboxylic acids is 1. The van der Waals surface area contributed by atoms with E-state index in [0.717, 1.165) is 15.6 Å². The van der Waals surface area contributed by atoms with Crippen LogP contribution in [0.4, 0.5) is 4.79 Å². The molecular weight excluding hydrogens is 310 g/mol. The Kier molecular flexibility index (Phi) is 3.87. The number of ether oxygens (including phenoxy) is 1. The van der Waals surface area contributed by atoms with Gasteiger partial charge in [0.1, 0.15) is 5.60 Å². The highest BCUT2D eigenvalue weighted by Crippen LogP contribution is 2.29. The fourth-order valence-electron chi connectivity index (χ4n) is 2.06. The molecule has 0 radical (unpaired) electrons. The van der Waals surface area contributed by atoms with Crippen molar-refractivity contribution in [1.82, 2.24) is 4.90 Å². The maximum Gasteiger partial charge on any atom is 0.410 e. The highest BCUT2D eigenvalue weighted by Gasteiger charge is 2.29. The third-order valence-electron chi connectivity index (χ3n) is 2.87. The van der Waals surface area contributed by atoms with Gasteiger partial charge in [-0.25, -0.2) is 4.79 Å². The Bertz CT molecular complexity index is 496. The van der Waals surface area contributed by atoms with Crippen LogP contribution in [0.1, 0.15) is 38.0 Å². The Morgan fingerprint density at radius 3 is 2.79 bits per heavy atom. The monoisotopic (exact) mass is 327 g/mol. The van der Waals surface area contributed by atoms with E-state index in [2.05, 4.69) is 15.9 Å². The molecule has 0 aliphatic carbocycles. The highest BCUT2D eigenvalue weighted by atomic mass is 79.9. The number of halogens is 1. The summed E-state index contributed by atoms with van der Waals surface area (Å²) in [4.78, 5) is 13.6. The molecule has 0 spiro atoms. The minimum atomic E-state index is -0.672. The molecule has 1 atom stereocenters. The predicted octanol–water partition coefficient (Wildman–Crippen LogP) is 3.23. The number of rotatable bonds is 0. The molecule has 0 bridgehead atoms. The van der Waals surface area contributed by atoms with Gasteiger partial charge in [0.15, 0.2) is 0 Å². The van der Waals surface area contributed by atoms with Crippen LogP contribution in [-0.2, 0) is 11.3 Å². The van der Waals surface area contributed by atoms with Crippen molar-refractivity contribution < 1.29 is 14.6 Å². The van der Waals surface area contributed by atoms with Crippen molar-refractivity contribution in [2.75, 3.05) is 6.54 Å². The molecule has 1 aromatic carbocycles. The largest absolute Gasteiger partial charge is 0.444 e. The molecule has 0 aromatic heterocycles. The van der Waals surface area contributed by atoms with Crippen molar-refractivity contribution in [3.63, 3.8) is 0 Å². The fourth-order valence-corrected chi connectivity index (χ4v) is 2.44. The molecule has 1 aromatic rings. The maximum absolute atomic E-state index is 12.0. The summed E-state index contributed by atoms with van der Waals surface area (Å²) < 4.78 is 6.26. The summed E-state index contributed by atoms with van der Waals surface area (Å²) in [6.07, 6.45) is -1.06. The molecule has 104 valence electrons. The van der Waals surface area contributed by atoms with Crippen molar-refractivity contribution in [2.24, 2.45) is 0 Å². The quantitative estimate of drug-likeness (QED) is 0.795. The van der Waals surface area contributed by atoms with Gasteiger partial charge < -0.3 is 14.7 Å². The number of carbonyl (C=O) groups is 1. The smallest absolute Gasteiger partial charge is 0.410 e. The third kappa shape index (κ3) is 3.48. The molecule has 1 aliphatic rings. The van der Waals surface area contributed by atoms with Gasteiger partial charge in [0, 0.05) is 11.0 Å². The van der Waals surface area contributed by atoms with E-state index in [-0.39, 0.29) is 12.6 Å². The summed E-state index contributed by atoms with van der Waals surface area (Å²) in [5, 5.41) is 10.1. The SMILES string of the molecule is CC(C)(C)OC(=O)N1Cc2ccc(Br)cc2C(O)C1. The maximum atomic E-state index is 12.0. The van der Waals surface area contributed by atoms with E-state index in [4.69, 9.17) is 4.74 Å². The molecule has 5 heteroatoms. The van der Waals surface area contributed by atoms with Crippen LogP contribution in [-0.4, -0.2) is 28.2 Å². The zero-order valence-corrected chi connectivity index (χ0v) is 12.9. The zero-order valence-electron chi connectivity index (χ0n) is 11.3. The van der Waals surface area contributed by atoms with Gasteiger partial charge >= 0.3 is 6.09 Å². The number of β-amino-alcohol motifs (C(OH)–C–C–N with tert-alkyl or cyclic N) is 1. The van der Waals surface area contributed by atoms with Gasteiger partial charge in [-0.3, -0.25) is 0 Å². The highest BCUT2D eigenvalue weighted by molar-refractivity contribution is 9.10. The number of fused-ring (bicyclic) bond motifs is 1. The summed E-state index contributed by atoms with van der Waals surface area (Å²) in [7, 11) is 0. The summed E-state index contributed by atoms with van der Waals surface area (Å²) in [6, 6.07) is 5.72. The van der Waals surface area contributed by atoms with Crippen LogP contribution in [0.2, 0.25) is 0 Å². The van der Waals surface area contributed by atoms with E-state index in [9.17, 15) is 9.90 Å². The van der Waals surface area contributed by atoms with Crippen molar-refractivity contribution in [1.29, 1.82) is 0 Å². The second-order valence-corrected chi connectivity index (χ2v) is 6.64. The Hall–Kier alpha value is -1.07. The normalized spacial score (nSPS) is 19.0. The molecule has 1 unspecified atom stereocenters. The van der Waals surface area contributed by atoms with Crippen molar-refractivity contribution in [3.05, 3.63) is 33.8 Å². The average Bonchev–Trinajstić information content (AvgIpc) is 2.27. The topological polar surface area (TPSA) is 49.8 Å². The summed E-state index contributed by atoms with van der Waals surface area (Å²) >= 11 is 3.39. The van der Waals surface area contributed by atoms with E-state index in [1.54, 1.807) is 0 Å².